The lowest BCUT2D eigenvalue weighted by Crippen LogP contribution is -2.50. The van der Waals surface area contributed by atoms with Gasteiger partial charge in [0.25, 0.3) is 0 Å². The fourth-order valence-electron chi connectivity index (χ4n) is 10.3. The van der Waals surface area contributed by atoms with E-state index in [2.05, 4.69) is 27.3 Å². The first-order valence-corrected chi connectivity index (χ1v) is 15.5. The largest absolute Gasteiger partial charge is 0.336 e. The van der Waals surface area contributed by atoms with Crippen LogP contribution < -0.4 is 11.7 Å². The fraction of sp³-hybridized carbons (Fsp3) is 0.852. The minimum atomic E-state index is 0. The molecule has 204 valence electrons. The Morgan fingerprint density at radius 3 is 1.59 bits per heavy atom. The van der Waals surface area contributed by atoms with Gasteiger partial charge in [0.15, 0.2) is 11.6 Å². The molecule has 0 amide bonds. The van der Waals surface area contributed by atoms with Gasteiger partial charge in [0.1, 0.15) is 0 Å². The van der Waals surface area contributed by atoms with Crippen molar-refractivity contribution in [2.24, 2.45) is 35.5 Å². The molecule has 0 radical (unpaired) electrons. The monoisotopic (exact) mass is 544 g/mol. The highest BCUT2D eigenvalue weighted by Gasteiger charge is 2.55. The summed E-state index contributed by atoms with van der Waals surface area (Å²) in [6.07, 6.45) is 16.4. The molecule has 2 aromatic rings. The molecule has 8 fully saturated rings. The van der Waals surface area contributed by atoms with E-state index in [1.807, 2.05) is 0 Å². The third-order valence-electron chi connectivity index (χ3n) is 10.7. The van der Waals surface area contributed by atoms with Crippen LogP contribution in [0.5, 0.6) is 0 Å². The second-order valence-corrected chi connectivity index (χ2v) is 14.8. The Morgan fingerprint density at radius 1 is 0.784 bits per heavy atom. The predicted octanol–water partition coefficient (Wildman–Crippen LogP) is 5.33. The first kappa shape index (κ1) is 25.7. The maximum absolute atomic E-state index is 6.28. The van der Waals surface area contributed by atoms with E-state index in [-0.39, 0.29) is 18.3 Å². The Kier molecular flexibility index (Phi) is 6.45. The van der Waals surface area contributed by atoms with Gasteiger partial charge in [-0.15, -0.1) is 10.2 Å². The lowest BCUT2D eigenvalue weighted by atomic mass is 9.49. The lowest BCUT2D eigenvalue weighted by Gasteiger charge is -2.55. The number of thioether (sulfide) groups is 1. The number of hydrogen-bond donors (Lipinski definition) is 3. The average molecular weight is 545 g/mol. The Labute approximate surface area is 230 Å². The summed E-state index contributed by atoms with van der Waals surface area (Å²) in [5, 5.41) is 17.0. The quantitative estimate of drug-likeness (QED) is 0.271. The molecular formula is C27H44N8S2. The van der Waals surface area contributed by atoms with Crippen LogP contribution in [0.15, 0.2) is 5.16 Å². The highest BCUT2D eigenvalue weighted by atomic mass is 32.2. The SMILES string of the molecule is C.CCSc1nnc(C23CC4CC(CC(C4)C2)C3)n1N.Nn1c(C23CC4CC(CC(C4)C2)C3)n[nH]c1=S. The molecule has 10 heteroatoms. The zero-order valence-electron chi connectivity index (χ0n) is 21.4. The van der Waals surface area contributed by atoms with E-state index in [0.717, 1.165) is 58.1 Å². The summed E-state index contributed by atoms with van der Waals surface area (Å²) in [4.78, 5) is 0. The molecule has 8 nitrogen and oxygen atoms in total. The predicted molar refractivity (Wildman–Crippen MR) is 151 cm³/mol. The smallest absolute Gasteiger partial charge is 0.214 e. The summed E-state index contributed by atoms with van der Waals surface area (Å²) < 4.78 is 3.96. The number of nitrogens with two attached hydrogens (primary N) is 2. The van der Waals surface area contributed by atoms with Crippen molar-refractivity contribution >= 4 is 24.0 Å². The third-order valence-corrected chi connectivity index (χ3v) is 11.8. The van der Waals surface area contributed by atoms with Crippen LogP contribution in [0, 0.1) is 40.3 Å². The van der Waals surface area contributed by atoms with E-state index < -0.39 is 0 Å². The van der Waals surface area contributed by atoms with Crippen LogP contribution in [0.3, 0.4) is 0 Å². The highest BCUT2D eigenvalue weighted by Crippen LogP contribution is 2.61. The van der Waals surface area contributed by atoms with E-state index in [0.29, 0.717) is 4.77 Å². The minimum Gasteiger partial charge on any atom is -0.336 e. The van der Waals surface area contributed by atoms with Gasteiger partial charge in [-0.25, -0.2) is 9.35 Å². The van der Waals surface area contributed by atoms with Crippen LogP contribution >= 0.6 is 24.0 Å². The van der Waals surface area contributed by atoms with Crippen molar-refractivity contribution in [3.8, 4) is 0 Å². The topological polar surface area (TPSA) is 116 Å². The molecule has 8 aliphatic carbocycles. The van der Waals surface area contributed by atoms with E-state index in [1.54, 1.807) is 21.1 Å². The molecule has 2 heterocycles. The van der Waals surface area contributed by atoms with Crippen molar-refractivity contribution in [3.05, 3.63) is 16.4 Å². The van der Waals surface area contributed by atoms with Crippen molar-refractivity contribution in [1.82, 2.24) is 29.7 Å². The van der Waals surface area contributed by atoms with Crippen molar-refractivity contribution < 1.29 is 0 Å². The van der Waals surface area contributed by atoms with E-state index in [1.165, 1.54) is 77.0 Å². The van der Waals surface area contributed by atoms with Crippen LogP contribution in [0.25, 0.3) is 0 Å². The van der Waals surface area contributed by atoms with Crippen molar-refractivity contribution in [1.29, 1.82) is 0 Å². The van der Waals surface area contributed by atoms with Gasteiger partial charge in [-0.1, -0.05) is 26.1 Å². The van der Waals surface area contributed by atoms with Crippen LogP contribution in [-0.4, -0.2) is 35.5 Å². The molecule has 8 saturated carbocycles. The van der Waals surface area contributed by atoms with Gasteiger partial charge >= 0.3 is 0 Å². The molecule has 10 rings (SSSR count). The van der Waals surface area contributed by atoms with E-state index in [4.69, 9.17) is 23.9 Å². The number of nitrogens with one attached hydrogen (secondary N) is 1. The lowest BCUT2D eigenvalue weighted by molar-refractivity contribution is -0.0107. The second kappa shape index (κ2) is 9.28. The summed E-state index contributed by atoms with van der Waals surface area (Å²) in [6, 6.07) is 0. The average Bonchev–Trinajstić information content (AvgIpc) is 3.35. The molecule has 0 aliphatic heterocycles. The summed E-state index contributed by atoms with van der Waals surface area (Å²) in [5.74, 6) is 20.9. The second-order valence-electron chi connectivity index (χ2n) is 13.2. The summed E-state index contributed by atoms with van der Waals surface area (Å²) in [5.41, 5.74) is 0.486. The number of hydrogen-bond acceptors (Lipinski definition) is 7. The Morgan fingerprint density at radius 2 is 1.22 bits per heavy atom. The van der Waals surface area contributed by atoms with Gasteiger partial charge in [0.05, 0.1) is 0 Å². The first-order chi connectivity index (χ1) is 17.4. The molecule has 0 saturated heterocycles. The van der Waals surface area contributed by atoms with Gasteiger partial charge < -0.3 is 11.7 Å². The fourth-order valence-corrected chi connectivity index (χ4v) is 11.0. The molecule has 0 atom stereocenters. The van der Waals surface area contributed by atoms with Crippen LogP contribution in [-0.2, 0) is 10.8 Å². The standard InChI is InChI=1S/C14H22N4S.C12H18N4S.CH4/c1-2-19-13-17-16-12(18(13)15)14-6-9-3-10(7-14)5-11(4-9)8-14;13-16-10(14-15-11(16)17)12-4-7-1-8(5-12)3-9(2-7)6-12;/h9-11H,2-8,15H2,1H3;7-9H,1-6,13H2,(H,15,17);1H4. The molecule has 0 spiro atoms. The van der Waals surface area contributed by atoms with Crippen LogP contribution in [0.1, 0.15) is 103 Å². The zero-order valence-corrected chi connectivity index (χ0v) is 23.0. The van der Waals surface area contributed by atoms with Gasteiger partial charge in [0, 0.05) is 10.8 Å². The normalized spacial score (nSPS) is 40.4. The molecule has 2 aromatic heterocycles. The Hall–Kier alpha value is -1.55. The van der Waals surface area contributed by atoms with Gasteiger partial charge in [-0.3, -0.25) is 5.10 Å². The molecule has 37 heavy (non-hydrogen) atoms. The van der Waals surface area contributed by atoms with Crippen molar-refractivity contribution in [2.45, 2.75) is 107 Å². The summed E-state index contributed by atoms with van der Waals surface area (Å²) in [6.45, 7) is 2.13. The van der Waals surface area contributed by atoms with E-state index >= 15 is 0 Å². The molecular weight excluding hydrogens is 500 g/mol. The maximum Gasteiger partial charge on any atom is 0.214 e. The molecule has 0 aromatic carbocycles. The maximum atomic E-state index is 6.28. The minimum absolute atomic E-state index is 0. The summed E-state index contributed by atoms with van der Waals surface area (Å²) >= 11 is 6.84. The number of H-pyrrole nitrogens is 1. The first-order valence-electron chi connectivity index (χ1n) is 14.1. The number of aromatic nitrogens is 6. The van der Waals surface area contributed by atoms with E-state index in [9.17, 15) is 0 Å². The third kappa shape index (κ3) is 4.15. The molecule has 8 bridgehead atoms. The number of nitrogen functional groups attached to an aromatic ring is 2. The van der Waals surface area contributed by atoms with Crippen LogP contribution in [0.4, 0.5) is 0 Å². The number of nitrogens with zero attached hydrogens (tertiary/aromatic N) is 5. The highest BCUT2D eigenvalue weighted by molar-refractivity contribution is 7.99. The Bertz CT molecular complexity index is 1120. The Balaban J connectivity index is 0.000000133. The zero-order chi connectivity index (χ0) is 24.7. The molecule has 5 N–H and O–H groups in total. The van der Waals surface area contributed by atoms with Crippen molar-refractivity contribution in [2.75, 3.05) is 17.4 Å². The molecule has 8 aliphatic rings. The molecule has 0 unspecified atom stereocenters. The number of aromatic amines is 1. The van der Waals surface area contributed by atoms with Crippen molar-refractivity contribution in [3.63, 3.8) is 0 Å². The van der Waals surface area contributed by atoms with Gasteiger partial charge in [-0.05, 0) is 131 Å². The van der Waals surface area contributed by atoms with Crippen LogP contribution in [0.2, 0.25) is 0 Å². The number of rotatable bonds is 4. The summed E-state index contributed by atoms with van der Waals surface area (Å²) in [7, 11) is 0. The van der Waals surface area contributed by atoms with Gasteiger partial charge in [0.2, 0.25) is 9.93 Å². The van der Waals surface area contributed by atoms with Gasteiger partial charge in [-0.2, -0.15) is 5.10 Å².